The Morgan fingerprint density at radius 2 is 2.10 bits per heavy atom. The number of hydrogen-bond acceptors (Lipinski definition) is 3. The Morgan fingerprint density at radius 1 is 1.30 bits per heavy atom. The number of nitrogens with zero attached hydrogens (tertiary/aromatic N) is 1. The van der Waals surface area contributed by atoms with E-state index < -0.39 is 0 Å². The maximum Gasteiger partial charge on any atom is 0.410 e. The van der Waals surface area contributed by atoms with Gasteiger partial charge in [0.25, 0.3) is 0 Å². The number of carbonyl (C=O) groups is 1. The van der Waals surface area contributed by atoms with Crippen molar-refractivity contribution < 1.29 is 14.6 Å². The Balaban J connectivity index is 1.63. The fraction of sp³-hybridized carbons (Fsp3) is 0.562. The van der Waals surface area contributed by atoms with E-state index in [0.717, 1.165) is 18.4 Å². The third kappa shape index (κ3) is 2.52. The molecule has 1 aromatic carbocycles. The molecule has 20 heavy (non-hydrogen) atoms. The largest absolute Gasteiger partial charge is 0.445 e. The zero-order chi connectivity index (χ0) is 13.9. The van der Waals surface area contributed by atoms with Gasteiger partial charge in [0.05, 0.1) is 12.6 Å². The van der Waals surface area contributed by atoms with Crippen molar-refractivity contribution in [2.75, 3.05) is 6.61 Å². The Morgan fingerprint density at radius 3 is 2.85 bits per heavy atom. The van der Waals surface area contributed by atoms with E-state index in [4.69, 9.17) is 4.74 Å². The van der Waals surface area contributed by atoms with E-state index in [0.29, 0.717) is 12.5 Å². The Bertz CT molecular complexity index is 462. The van der Waals surface area contributed by atoms with Gasteiger partial charge < -0.3 is 9.84 Å². The van der Waals surface area contributed by atoms with E-state index in [1.165, 1.54) is 12.8 Å². The SMILES string of the molecule is O=C(OCc1ccccc1)N1[C@H](CO)C[C@@H]2CCC[C@@H]21. The minimum absolute atomic E-state index is 0.0352. The average Bonchev–Trinajstić information content (AvgIpc) is 3.05. The summed E-state index contributed by atoms with van der Waals surface area (Å²) in [5, 5.41) is 9.48. The molecule has 0 unspecified atom stereocenters. The number of ether oxygens (including phenoxy) is 1. The molecule has 108 valence electrons. The number of aliphatic hydroxyl groups excluding tert-OH is 1. The quantitative estimate of drug-likeness (QED) is 0.922. The zero-order valence-corrected chi connectivity index (χ0v) is 11.6. The number of carbonyl (C=O) groups excluding carboxylic acids is 1. The Hall–Kier alpha value is -1.55. The van der Waals surface area contributed by atoms with Crippen LogP contribution in [0.25, 0.3) is 0 Å². The molecule has 3 rings (SSSR count). The molecule has 1 aliphatic carbocycles. The van der Waals surface area contributed by atoms with Gasteiger partial charge >= 0.3 is 6.09 Å². The van der Waals surface area contributed by atoms with Crippen molar-refractivity contribution in [3.05, 3.63) is 35.9 Å². The van der Waals surface area contributed by atoms with E-state index >= 15 is 0 Å². The first-order valence-electron chi connectivity index (χ1n) is 7.39. The van der Waals surface area contributed by atoms with Gasteiger partial charge in [-0.2, -0.15) is 0 Å². The third-order valence-corrected chi connectivity index (χ3v) is 4.57. The van der Waals surface area contributed by atoms with Gasteiger partial charge in [0.15, 0.2) is 0 Å². The standard InChI is InChI=1S/C16H21NO3/c18-10-14-9-13-7-4-8-15(13)17(14)16(19)20-11-12-5-2-1-3-6-12/h1-3,5-6,13-15,18H,4,7-11H2/t13-,14-,15-/m0/s1. The van der Waals surface area contributed by atoms with Crippen LogP contribution in [-0.4, -0.2) is 34.8 Å². The minimum atomic E-state index is -0.276. The van der Waals surface area contributed by atoms with Crippen LogP contribution in [-0.2, 0) is 11.3 Å². The molecule has 4 heteroatoms. The van der Waals surface area contributed by atoms with Gasteiger partial charge in [0.1, 0.15) is 6.61 Å². The fourth-order valence-corrected chi connectivity index (χ4v) is 3.63. The predicted octanol–water partition coefficient (Wildman–Crippen LogP) is 2.56. The van der Waals surface area contributed by atoms with E-state index in [2.05, 4.69) is 0 Å². The maximum absolute atomic E-state index is 12.3. The normalized spacial score (nSPS) is 28.4. The lowest BCUT2D eigenvalue weighted by molar-refractivity contribution is 0.0640. The monoisotopic (exact) mass is 275 g/mol. The first kappa shape index (κ1) is 13.4. The van der Waals surface area contributed by atoms with Crippen LogP contribution in [0.4, 0.5) is 4.79 Å². The Kier molecular flexibility index (Phi) is 3.92. The molecular formula is C16H21NO3. The maximum atomic E-state index is 12.3. The van der Waals surface area contributed by atoms with Crippen molar-refractivity contribution in [3.8, 4) is 0 Å². The van der Waals surface area contributed by atoms with Crippen molar-refractivity contribution in [2.24, 2.45) is 5.92 Å². The van der Waals surface area contributed by atoms with Crippen LogP contribution in [0.5, 0.6) is 0 Å². The molecule has 2 aliphatic rings. The van der Waals surface area contributed by atoms with Crippen LogP contribution < -0.4 is 0 Å². The van der Waals surface area contributed by atoms with Gasteiger partial charge in [-0.25, -0.2) is 4.79 Å². The molecule has 1 aromatic rings. The molecule has 1 saturated carbocycles. The number of hydrogen-bond donors (Lipinski definition) is 1. The summed E-state index contributed by atoms with van der Waals surface area (Å²) >= 11 is 0. The summed E-state index contributed by atoms with van der Waals surface area (Å²) in [5.74, 6) is 0.552. The van der Waals surface area contributed by atoms with Crippen LogP contribution in [0.2, 0.25) is 0 Å². The smallest absolute Gasteiger partial charge is 0.410 e. The lowest BCUT2D eigenvalue weighted by Crippen LogP contribution is -2.43. The summed E-state index contributed by atoms with van der Waals surface area (Å²) in [6, 6.07) is 9.91. The second-order valence-electron chi connectivity index (χ2n) is 5.78. The van der Waals surface area contributed by atoms with Crippen LogP contribution in [0.1, 0.15) is 31.2 Å². The lowest BCUT2D eigenvalue weighted by atomic mass is 10.0. The lowest BCUT2D eigenvalue weighted by Gasteiger charge is -2.28. The minimum Gasteiger partial charge on any atom is -0.445 e. The number of likely N-dealkylation sites (tertiary alicyclic amines) is 1. The molecular weight excluding hydrogens is 254 g/mol. The Labute approximate surface area is 119 Å². The second kappa shape index (κ2) is 5.83. The van der Waals surface area contributed by atoms with Crippen LogP contribution in [0, 0.1) is 5.92 Å². The molecule has 0 aromatic heterocycles. The van der Waals surface area contributed by atoms with Gasteiger partial charge in [0, 0.05) is 6.04 Å². The van der Waals surface area contributed by atoms with Gasteiger partial charge in [-0.3, -0.25) is 4.90 Å². The van der Waals surface area contributed by atoms with Crippen LogP contribution >= 0.6 is 0 Å². The van der Waals surface area contributed by atoms with Gasteiger partial charge in [0.2, 0.25) is 0 Å². The second-order valence-corrected chi connectivity index (χ2v) is 5.78. The summed E-state index contributed by atoms with van der Waals surface area (Å²) in [5.41, 5.74) is 0.989. The fourth-order valence-electron chi connectivity index (χ4n) is 3.63. The predicted molar refractivity (Wildman–Crippen MR) is 75.1 cm³/mol. The summed E-state index contributed by atoms with van der Waals surface area (Å²) in [4.78, 5) is 14.1. The van der Waals surface area contributed by atoms with E-state index in [1.54, 1.807) is 4.90 Å². The van der Waals surface area contributed by atoms with Crippen molar-refractivity contribution in [1.82, 2.24) is 4.90 Å². The summed E-state index contributed by atoms with van der Waals surface area (Å²) in [7, 11) is 0. The highest BCUT2D eigenvalue weighted by molar-refractivity contribution is 5.69. The van der Waals surface area contributed by atoms with E-state index in [-0.39, 0.29) is 24.8 Å². The van der Waals surface area contributed by atoms with Crippen molar-refractivity contribution in [2.45, 2.75) is 44.4 Å². The highest BCUT2D eigenvalue weighted by Gasteiger charge is 2.46. The molecule has 1 saturated heterocycles. The number of amides is 1. The third-order valence-electron chi connectivity index (χ3n) is 4.57. The summed E-state index contributed by atoms with van der Waals surface area (Å²) in [6.07, 6.45) is 4.03. The number of benzene rings is 1. The van der Waals surface area contributed by atoms with Crippen molar-refractivity contribution >= 4 is 6.09 Å². The first-order chi connectivity index (χ1) is 9.79. The number of rotatable bonds is 3. The number of aliphatic hydroxyl groups is 1. The first-order valence-corrected chi connectivity index (χ1v) is 7.39. The molecule has 0 spiro atoms. The van der Waals surface area contributed by atoms with Crippen LogP contribution in [0.15, 0.2) is 30.3 Å². The molecule has 4 nitrogen and oxygen atoms in total. The van der Waals surface area contributed by atoms with Crippen molar-refractivity contribution in [3.63, 3.8) is 0 Å². The molecule has 1 N–H and O–H groups in total. The molecule has 1 heterocycles. The van der Waals surface area contributed by atoms with Crippen molar-refractivity contribution in [1.29, 1.82) is 0 Å². The highest BCUT2D eigenvalue weighted by atomic mass is 16.6. The van der Waals surface area contributed by atoms with E-state index in [1.807, 2.05) is 30.3 Å². The zero-order valence-electron chi connectivity index (χ0n) is 11.6. The van der Waals surface area contributed by atoms with Gasteiger partial charge in [-0.05, 0) is 30.7 Å². The number of fused-ring (bicyclic) bond motifs is 1. The summed E-state index contributed by atoms with van der Waals surface area (Å²) in [6.45, 7) is 0.332. The van der Waals surface area contributed by atoms with Crippen LogP contribution in [0.3, 0.4) is 0 Å². The highest BCUT2D eigenvalue weighted by Crippen LogP contribution is 2.41. The summed E-state index contributed by atoms with van der Waals surface area (Å²) < 4.78 is 5.43. The molecule has 1 aliphatic heterocycles. The molecule has 0 bridgehead atoms. The van der Waals surface area contributed by atoms with Gasteiger partial charge in [-0.15, -0.1) is 0 Å². The average molecular weight is 275 g/mol. The topological polar surface area (TPSA) is 49.8 Å². The molecule has 0 radical (unpaired) electrons. The molecule has 3 atom stereocenters. The van der Waals surface area contributed by atoms with Gasteiger partial charge in [-0.1, -0.05) is 36.8 Å². The molecule has 1 amide bonds. The van der Waals surface area contributed by atoms with E-state index in [9.17, 15) is 9.90 Å². The molecule has 2 fully saturated rings.